The summed E-state index contributed by atoms with van der Waals surface area (Å²) >= 11 is 0. The van der Waals surface area contributed by atoms with Crippen LogP contribution in [-0.4, -0.2) is 18.6 Å². The van der Waals surface area contributed by atoms with E-state index in [1.165, 1.54) is 31.4 Å². The Kier molecular flexibility index (Phi) is 5.05. The Balaban J connectivity index is 2.25. The number of aromatic nitrogens is 1. The number of unbranched alkanes of at least 4 members (excludes halogenated alkanes) is 3. The minimum absolute atomic E-state index is 1.14. The molecule has 1 heterocycles. The summed E-state index contributed by atoms with van der Waals surface area (Å²) < 4.78 is 0. The Hall–Kier alpha value is -1.05. The van der Waals surface area contributed by atoms with Gasteiger partial charge in [0, 0.05) is 31.7 Å². The van der Waals surface area contributed by atoms with Crippen LogP contribution < -0.4 is 4.90 Å². The van der Waals surface area contributed by atoms with E-state index in [2.05, 4.69) is 36.0 Å². The molecule has 0 spiro atoms. The van der Waals surface area contributed by atoms with Gasteiger partial charge >= 0.3 is 0 Å². The van der Waals surface area contributed by atoms with Gasteiger partial charge in [0.05, 0.1) is 0 Å². The normalized spacial score (nSPS) is 10.1. The molecule has 0 aliphatic heterocycles. The van der Waals surface area contributed by atoms with E-state index >= 15 is 0 Å². The highest BCUT2D eigenvalue weighted by Crippen LogP contribution is 2.11. The maximum absolute atomic E-state index is 4.01. The highest BCUT2D eigenvalue weighted by atomic mass is 15.1. The van der Waals surface area contributed by atoms with E-state index in [0.717, 1.165) is 6.54 Å². The van der Waals surface area contributed by atoms with Crippen molar-refractivity contribution in [3.05, 3.63) is 24.5 Å². The summed E-state index contributed by atoms with van der Waals surface area (Å²) in [6, 6.07) is 4.11. The van der Waals surface area contributed by atoms with E-state index in [9.17, 15) is 0 Å². The van der Waals surface area contributed by atoms with Crippen LogP contribution in [0.1, 0.15) is 32.6 Å². The Bertz CT molecular complexity index is 233. The van der Waals surface area contributed by atoms with Crippen molar-refractivity contribution in [1.29, 1.82) is 0 Å². The molecule has 1 aromatic heterocycles. The van der Waals surface area contributed by atoms with Gasteiger partial charge in [-0.2, -0.15) is 0 Å². The van der Waals surface area contributed by atoms with Crippen LogP contribution in [-0.2, 0) is 0 Å². The fraction of sp³-hybridized carbons (Fsp3) is 0.583. The minimum atomic E-state index is 1.14. The van der Waals surface area contributed by atoms with Gasteiger partial charge in [-0.3, -0.25) is 4.98 Å². The lowest BCUT2D eigenvalue weighted by molar-refractivity contribution is 0.661. The minimum Gasteiger partial charge on any atom is -0.375 e. The second-order valence-electron chi connectivity index (χ2n) is 3.69. The molecule has 0 amide bonds. The molecule has 1 rings (SSSR count). The summed E-state index contributed by atoms with van der Waals surface area (Å²) in [5.41, 5.74) is 1.26. The first-order valence-corrected chi connectivity index (χ1v) is 5.45. The van der Waals surface area contributed by atoms with Gasteiger partial charge in [-0.05, 0) is 18.6 Å². The molecule has 14 heavy (non-hydrogen) atoms. The van der Waals surface area contributed by atoms with Crippen molar-refractivity contribution in [1.82, 2.24) is 4.98 Å². The first-order valence-electron chi connectivity index (χ1n) is 5.45. The molecule has 2 nitrogen and oxygen atoms in total. The molecule has 1 aromatic rings. The molecule has 0 fully saturated rings. The van der Waals surface area contributed by atoms with E-state index in [4.69, 9.17) is 0 Å². The van der Waals surface area contributed by atoms with Crippen molar-refractivity contribution in [2.75, 3.05) is 18.5 Å². The smallest absolute Gasteiger partial charge is 0.0394 e. The third-order valence-electron chi connectivity index (χ3n) is 2.45. The van der Waals surface area contributed by atoms with Crippen LogP contribution in [0, 0.1) is 0 Å². The largest absolute Gasteiger partial charge is 0.375 e. The molecule has 0 aliphatic rings. The predicted molar refractivity (Wildman–Crippen MR) is 61.6 cm³/mol. The number of nitrogens with zero attached hydrogens (tertiary/aromatic N) is 2. The standard InChI is InChI=1S/C12H20N2/c1-3-4-5-6-11-14(2)12-7-9-13-10-8-12/h7-10H,3-6,11H2,1-2H3. The molecule has 2 heteroatoms. The molecule has 0 aliphatic carbocycles. The van der Waals surface area contributed by atoms with Crippen molar-refractivity contribution >= 4 is 5.69 Å². The zero-order valence-corrected chi connectivity index (χ0v) is 9.24. The third kappa shape index (κ3) is 3.77. The van der Waals surface area contributed by atoms with Gasteiger partial charge in [-0.1, -0.05) is 26.2 Å². The fourth-order valence-corrected chi connectivity index (χ4v) is 1.50. The summed E-state index contributed by atoms with van der Waals surface area (Å²) in [4.78, 5) is 6.30. The molecule has 0 radical (unpaired) electrons. The number of hydrogen-bond donors (Lipinski definition) is 0. The van der Waals surface area contributed by atoms with Gasteiger partial charge in [-0.15, -0.1) is 0 Å². The Morgan fingerprint density at radius 1 is 1.14 bits per heavy atom. The molecule has 0 bridgehead atoms. The third-order valence-corrected chi connectivity index (χ3v) is 2.45. The van der Waals surface area contributed by atoms with Crippen molar-refractivity contribution in [2.24, 2.45) is 0 Å². The molecule has 0 saturated carbocycles. The molecule has 0 unspecified atom stereocenters. The van der Waals surface area contributed by atoms with Crippen LogP contribution in [0.5, 0.6) is 0 Å². The first kappa shape index (κ1) is 11.0. The highest BCUT2D eigenvalue weighted by molar-refractivity contribution is 5.43. The van der Waals surface area contributed by atoms with Crippen molar-refractivity contribution in [3.63, 3.8) is 0 Å². The van der Waals surface area contributed by atoms with Crippen LogP contribution in [0.2, 0.25) is 0 Å². The summed E-state index contributed by atoms with van der Waals surface area (Å²) in [5, 5.41) is 0. The van der Waals surface area contributed by atoms with Gasteiger partial charge in [0.25, 0.3) is 0 Å². The van der Waals surface area contributed by atoms with Gasteiger partial charge in [0.1, 0.15) is 0 Å². The van der Waals surface area contributed by atoms with Crippen LogP contribution in [0.4, 0.5) is 5.69 Å². The lowest BCUT2D eigenvalue weighted by Gasteiger charge is -2.18. The van der Waals surface area contributed by atoms with E-state index in [1.807, 2.05) is 12.4 Å². The molecule has 0 saturated heterocycles. The predicted octanol–water partition coefficient (Wildman–Crippen LogP) is 3.10. The average Bonchev–Trinajstić information content (AvgIpc) is 2.25. The fourth-order valence-electron chi connectivity index (χ4n) is 1.50. The average molecular weight is 192 g/mol. The second kappa shape index (κ2) is 6.41. The number of rotatable bonds is 6. The van der Waals surface area contributed by atoms with E-state index < -0.39 is 0 Å². The zero-order chi connectivity index (χ0) is 10.2. The summed E-state index contributed by atoms with van der Waals surface area (Å²) in [7, 11) is 2.14. The number of pyridine rings is 1. The van der Waals surface area contributed by atoms with Gasteiger partial charge < -0.3 is 4.90 Å². The molecule has 0 N–H and O–H groups in total. The second-order valence-corrected chi connectivity index (χ2v) is 3.69. The molecule has 78 valence electrons. The molecule has 0 aromatic carbocycles. The number of anilines is 1. The molecular formula is C12H20N2. The molecular weight excluding hydrogens is 172 g/mol. The molecule has 0 atom stereocenters. The quantitative estimate of drug-likeness (QED) is 0.644. The summed E-state index contributed by atoms with van der Waals surface area (Å²) in [6.07, 6.45) is 8.97. The lowest BCUT2D eigenvalue weighted by atomic mass is 10.2. The van der Waals surface area contributed by atoms with Gasteiger partial charge in [-0.25, -0.2) is 0 Å². The number of hydrogen-bond acceptors (Lipinski definition) is 2. The summed E-state index contributed by atoms with van der Waals surface area (Å²) in [6.45, 7) is 3.39. The maximum atomic E-state index is 4.01. The van der Waals surface area contributed by atoms with E-state index in [1.54, 1.807) is 0 Å². The van der Waals surface area contributed by atoms with Crippen LogP contribution >= 0.6 is 0 Å². The SMILES string of the molecule is CCCCCCN(C)c1ccncc1. The topological polar surface area (TPSA) is 16.1 Å². The van der Waals surface area contributed by atoms with Crippen LogP contribution in [0.3, 0.4) is 0 Å². The Labute approximate surface area is 87.0 Å². The Morgan fingerprint density at radius 2 is 1.86 bits per heavy atom. The first-order chi connectivity index (χ1) is 6.84. The van der Waals surface area contributed by atoms with Crippen molar-refractivity contribution < 1.29 is 0 Å². The monoisotopic (exact) mass is 192 g/mol. The van der Waals surface area contributed by atoms with Crippen LogP contribution in [0.25, 0.3) is 0 Å². The summed E-state index contributed by atoms with van der Waals surface area (Å²) in [5.74, 6) is 0. The van der Waals surface area contributed by atoms with Crippen molar-refractivity contribution in [3.8, 4) is 0 Å². The zero-order valence-electron chi connectivity index (χ0n) is 9.24. The van der Waals surface area contributed by atoms with Crippen molar-refractivity contribution in [2.45, 2.75) is 32.6 Å². The maximum Gasteiger partial charge on any atom is 0.0394 e. The highest BCUT2D eigenvalue weighted by Gasteiger charge is 1.98. The van der Waals surface area contributed by atoms with E-state index in [0.29, 0.717) is 0 Å². The lowest BCUT2D eigenvalue weighted by Crippen LogP contribution is -2.18. The van der Waals surface area contributed by atoms with Gasteiger partial charge in [0.2, 0.25) is 0 Å². The Morgan fingerprint density at radius 3 is 2.50 bits per heavy atom. The van der Waals surface area contributed by atoms with Crippen LogP contribution in [0.15, 0.2) is 24.5 Å². The van der Waals surface area contributed by atoms with Gasteiger partial charge in [0.15, 0.2) is 0 Å². The van der Waals surface area contributed by atoms with E-state index in [-0.39, 0.29) is 0 Å².